The molecular weight excluding hydrogens is 326 g/mol. The molecule has 1 heterocycles. The van der Waals surface area contributed by atoms with Crippen molar-refractivity contribution >= 4 is 17.3 Å². The number of nitrogens with one attached hydrogen (secondary N) is 1. The van der Waals surface area contributed by atoms with Crippen molar-refractivity contribution < 1.29 is 9.53 Å². The first kappa shape index (κ1) is 17.6. The average Bonchev–Trinajstić information content (AvgIpc) is 2.66. The van der Waals surface area contributed by atoms with Crippen molar-refractivity contribution in [2.75, 3.05) is 23.9 Å². The summed E-state index contributed by atoms with van der Waals surface area (Å²) in [6.45, 7) is 2.71. The van der Waals surface area contributed by atoms with Gasteiger partial charge in [-0.2, -0.15) is 5.26 Å². The van der Waals surface area contributed by atoms with E-state index in [1.807, 2.05) is 48.2 Å². The number of benzene rings is 2. The lowest BCUT2D eigenvalue weighted by molar-refractivity contribution is -0.112. The number of aryl methyl sites for hydroxylation is 2. The number of hydrogen-bond acceptors (Lipinski definition) is 4. The van der Waals surface area contributed by atoms with Crippen LogP contribution in [0.5, 0.6) is 5.75 Å². The van der Waals surface area contributed by atoms with Gasteiger partial charge in [-0.1, -0.05) is 24.3 Å². The second kappa shape index (κ2) is 7.75. The summed E-state index contributed by atoms with van der Waals surface area (Å²) in [5.74, 6) is 0.115. The molecule has 0 spiro atoms. The maximum Gasteiger partial charge on any atom is 0.267 e. The summed E-state index contributed by atoms with van der Waals surface area (Å²) in [5.41, 5.74) is 3.89. The Morgan fingerprint density at radius 3 is 2.88 bits per heavy atom. The lowest BCUT2D eigenvalue weighted by Gasteiger charge is -2.28. The molecule has 0 saturated heterocycles. The van der Waals surface area contributed by atoms with Crippen LogP contribution in [-0.2, 0) is 11.2 Å². The predicted octanol–water partition coefficient (Wildman–Crippen LogP) is 3.80. The number of nitriles is 1. The van der Waals surface area contributed by atoms with Gasteiger partial charge in [-0.25, -0.2) is 0 Å². The summed E-state index contributed by atoms with van der Waals surface area (Å²) in [4.78, 5) is 14.6. The zero-order valence-corrected chi connectivity index (χ0v) is 15.0. The lowest BCUT2D eigenvalue weighted by Crippen LogP contribution is -2.26. The van der Waals surface area contributed by atoms with Crippen molar-refractivity contribution in [2.24, 2.45) is 0 Å². The summed E-state index contributed by atoms with van der Waals surface area (Å²) >= 11 is 0. The van der Waals surface area contributed by atoms with E-state index in [-0.39, 0.29) is 5.57 Å². The van der Waals surface area contributed by atoms with Gasteiger partial charge in [0.1, 0.15) is 17.4 Å². The molecule has 5 nitrogen and oxygen atoms in total. The van der Waals surface area contributed by atoms with E-state index >= 15 is 0 Å². The average molecular weight is 347 g/mol. The number of fused-ring (bicyclic) bond motifs is 1. The number of hydrogen-bond donors (Lipinski definition) is 1. The lowest BCUT2D eigenvalue weighted by atomic mass is 10.0. The molecule has 0 bridgehead atoms. The van der Waals surface area contributed by atoms with E-state index in [9.17, 15) is 10.1 Å². The first-order valence-corrected chi connectivity index (χ1v) is 8.55. The number of rotatable bonds is 4. The Morgan fingerprint density at radius 2 is 2.12 bits per heavy atom. The second-order valence-corrected chi connectivity index (χ2v) is 6.24. The van der Waals surface area contributed by atoms with Gasteiger partial charge in [0.05, 0.1) is 12.8 Å². The van der Waals surface area contributed by atoms with Gasteiger partial charge in [0.2, 0.25) is 0 Å². The molecular formula is C21H21N3O2. The minimum absolute atomic E-state index is 0.0604. The highest BCUT2D eigenvalue weighted by Crippen LogP contribution is 2.28. The van der Waals surface area contributed by atoms with Crippen molar-refractivity contribution in [3.05, 3.63) is 65.4 Å². The fourth-order valence-corrected chi connectivity index (χ4v) is 3.10. The number of nitrogens with zero attached hydrogens (tertiary/aromatic N) is 2. The molecule has 5 heteroatoms. The first-order chi connectivity index (χ1) is 12.6. The Labute approximate surface area is 153 Å². The maximum absolute atomic E-state index is 12.6. The van der Waals surface area contributed by atoms with E-state index in [2.05, 4.69) is 11.4 Å². The highest BCUT2D eigenvalue weighted by Gasteiger charge is 2.18. The summed E-state index contributed by atoms with van der Waals surface area (Å²) in [6, 6.07) is 15.6. The van der Waals surface area contributed by atoms with E-state index in [0.717, 1.165) is 30.6 Å². The molecule has 2 aromatic rings. The van der Waals surface area contributed by atoms with Gasteiger partial charge < -0.3 is 15.0 Å². The third-order valence-corrected chi connectivity index (χ3v) is 4.40. The highest BCUT2D eigenvalue weighted by molar-refractivity contribution is 6.07. The van der Waals surface area contributed by atoms with Crippen LogP contribution in [0.2, 0.25) is 0 Å². The zero-order valence-electron chi connectivity index (χ0n) is 15.0. The van der Waals surface area contributed by atoms with Gasteiger partial charge in [0, 0.05) is 18.4 Å². The van der Waals surface area contributed by atoms with Crippen molar-refractivity contribution in [3.8, 4) is 11.8 Å². The third-order valence-electron chi connectivity index (χ3n) is 4.40. The predicted molar refractivity (Wildman–Crippen MR) is 102 cm³/mol. The summed E-state index contributed by atoms with van der Waals surface area (Å²) in [6.07, 6.45) is 3.63. The largest absolute Gasteiger partial charge is 0.495 e. The van der Waals surface area contributed by atoms with Crippen LogP contribution < -0.4 is 15.0 Å². The molecule has 2 aromatic carbocycles. The van der Waals surface area contributed by atoms with Crippen LogP contribution >= 0.6 is 0 Å². The van der Waals surface area contributed by atoms with Crippen molar-refractivity contribution in [3.63, 3.8) is 0 Å². The number of anilines is 2. The molecule has 0 atom stereocenters. The van der Waals surface area contributed by atoms with Gasteiger partial charge in [-0.3, -0.25) is 4.79 Å². The van der Waals surface area contributed by atoms with E-state index in [1.54, 1.807) is 19.4 Å². The van der Waals surface area contributed by atoms with Crippen molar-refractivity contribution in [1.82, 2.24) is 0 Å². The van der Waals surface area contributed by atoms with Gasteiger partial charge in [-0.05, 0) is 49.1 Å². The van der Waals surface area contributed by atoms with Crippen LogP contribution in [-0.4, -0.2) is 19.6 Å². The molecule has 0 unspecified atom stereocenters. The SMILES string of the molecule is COc1ccc(C)cc1NC(=O)/C(C#N)=C\N1CCCc2ccccc21. The minimum atomic E-state index is -0.445. The summed E-state index contributed by atoms with van der Waals surface area (Å²) < 4.78 is 5.28. The third kappa shape index (κ3) is 3.70. The van der Waals surface area contributed by atoms with E-state index in [1.165, 1.54) is 5.56 Å². The van der Waals surface area contributed by atoms with Crippen LogP contribution in [0.25, 0.3) is 0 Å². The van der Waals surface area contributed by atoms with E-state index < -0.39 is 5.91 Å². The van der Waals surface area contributed by atoms with Crippen LogP contribution in [0, 0.1) is 18.3 Å². The highest BCUT2D eigenvalue weighted by atomic mass is 16.5. The maximum atomic E-state index is 12.6. The summed E-state index contributed by atoms with van der Waals surface area (Å²) in [5, 5.41) is 12.3. The normalized spacial score (nSPS) is 13.6. The molecule has 1 N–H and O–H groups in total. The number of amides is 1. The summed E-state index contributed by atoms with van der Waals surface area (Å²) in [7, 11) is 1.55. The fraction of sp³-hybridized carbons (Fsp3) is 0.238. The Kier molecular flexibility index (Phi) is 5.23. The smallest absolute Gasteiger partial charge is 0.267 e. The number of methoxy groups -OCH3 is 1. The molecule has 0 fully saturated rings. The monoisotopic (exact) mass is 347 g/mol. The number of carbonyl (C=O) groups is 1. The second-order valence-electron chi connectivity index (χ2n) is 6.24. The first-order valence-electron chi connectivity index (χ1n) is 8.55. The topological polar surface area (TPSA) is 65.4 Å². The minimum Gasteiger partial charge on any atom is -0.495 e. The molecule has 3 rings (SSSR count). The Balaban J connectivity index is 1.86. The molecule has 1 aliphatic rings. The molecule has 132 valence electrons. The van der Waals surface area contributed by atoms with Gasteiger partial charge >= 0.3 is 0 Å². The standard InChI is InChI=1S/C21H21N3O2/c1-15-9-10-20(26-2)18(12-15)23-21(25)17(13-22)14-24-11-5-7-16-6-3-4-8-19(16)24/h3-4,6,8-10,12,14H,5,7,11H2,1-2H3,(H,23,25)/b17-14-. The van der Waals surface area contributed by atoms with Crippen LogP contribution in [0.1, 0.15) is 17.5 Å². The molecule has 1 aliphatic heterocycles. The van der Waals surface area contributed by atoms with Gasteiger partial charge in [0.15, 0.2) is 0 Å². The van der Waals surface area contributed by atoms with Crippen LogP contribution in [0.3, 0.4) is 0 Å². The molecule has 0 aromatic heterocycles. The van der Waals surface area contributed by atoms with E-state index in [4.69, 9.17) is 4.74 Å². The van der Waals surface area contributed by atoms with Gasteiger partial charge in [0.25, 0.3) is 5.91 Å². The Morgan fingerprint density at radius 1 is 1.31 bits per heavy atom. The van der Waals surface area contributed by atoms with Gasteiger partial charge in [-0.15, -0.1) is 0 Å². The number of carbonyl (C=O) groups excluding carboxylic acids is 1. The number of para-hydroxylation sites is 1. The number of ether oxygens (including phenoxy) is 1. The zero-order chi connectivity index (χ0) is 18.5. The molecule has 1 amide bonds. The van der Waals surface area contributed by atoms with Crippen molar-refractivity contribution in [1.29, 1.82) is 5.26 Å². The van der Waals surface area contributed by atoms with Crippen molar-refractivity contribution in [2.45, 2.75) is 19.8 Å². The fourth-order valence-electron chi connectivity index (χ4n) is 3.10. The molecule has 0 radical (unpaired) electrons. The van der Waals surface area contributed by atoms with E-state index in [0.29, 0.717) is 11.4 Å². The van der Waals surface area contributed by atoms with Crippen LogP contribution in [0.15, 0.2) is 54.2 Å². The Bertz CT molecular complexity index is 896. The molecule has 0 aliphatic carbocycles. The quantitative estimate of drug-likeness (QED) is 0.675. The Hall–Kier alpha value is -3.26. The molecule has 26 heavy (non-hydrogen) atoms. The molecule has 0 saturated carbocycles. The van der Waals surface area contributed by atoms with Crippen LogP contribution in [0.4, 0.5) is 11.4 Å².